The summed E-state index contributed by atoms with van der Waals surface area (Å²) in [5, 5.41) is 6.40. The molecular weight excluding hydrogens is 285 g/mol. The van der Waals surface area contributed by atoms with Crippen LogP contribution in [0.3, 0.4) is 0 Å². The third-order valence-electron chi connectivity index (χ3n) is 3.63. The molecule has 0 atom stereocenters. The van der Waals surface area contributed by atoms with Crippen LogP contribution in [0.5, 0.6) is 0 Å². The van der Waals surface area contributed by atoms with Gasteiger partial charge in [-0.1, -0.05) is 23.4 Å². The quantitative estimate of drug-likeness (QED) is 0.891. The number of hydrogen-bond donors (Lipinski definition) is 1. The second-order valence-corrected chi connectivity index (χ2v) is 5.61. The molecule has 6 heteroatoms. The summed E-state index contributed by atoms with van der Waals surface area (Å²) in [4.78, 5) is 14.1. The number of rotatable bonds is 6. The van der Waals surface area contributed by atoms with E-state index in [0.717, 1.165) is 12.8 Å². The van der Waals surface area contributed by atoms with Crippen molar-refractivity contribution >= 4 is 11.8 Å². The summed E-state index contributed by atoms with van der Waals surface area (Å²) in [7, 11) is 0. The van der Waals surface area contributed by atoms with Crippen LogP contribution in [-0.4, -0.2) is 28.6 Å². The van der Waals surface area contributed by atoms with Gasteiger partial charge in [-0.05, 0) is 25.8 Å². The maximum absolute atomic E-state index is 13.8. The molecular formula is C16H18FN3O2. The molecule has 116 valence electrons. The van der Waals surface area contributed by atoms with E-state index in [0.29, 0.717) is 29.7 Å². The summed E-state index contributed by atoms with van der Waals surface area (Å²) in [5.74, 6) is -0.0806. The van der Waals surface area contributed by atoms with E-state index in [1.165, 1.54) is 6.07 Å². The lowest BCUT2D eigenvalue weighted by atomic mass is 10.2. The van der Waals surface area contributed by atoms with Crippen molar-refractivity contribution in [3.8, 4) is 0 Å². The molecule has 1 aliphatic carbocycles. The first-order valence-corrected chi connectivity index (χ1v) is 7.32. The Bertz CT molecular complexity index is 667. The van der Waals surface area contributed by atoms with Crippen LogP contribution in [0.1, 0.15) is 24.1 Å². The van der Waals surface area contributed by atoms with Gasteiger partial charge in [0.25, 0.3) is 0 Å². The number of hydrogen-bond acceptors (Lipinski definition) is 4. The predicted octanol–water partition coefficient (Wildman–Crippen LogP) is 2.73. The third-order valence-corrected chi connectivity index (χ3v) is 3.63. The number of nitrogens with zero attached hydrogens (tertiary/aromatic N) is 2. The molecule has 22 heavy (non-hydrogen) atoms. The first kappa shape index (κ1) is 14.7. The van der Waals surface area contributed by atoms with Gasteiger partial charge in [0.1, 0.15) is 5.82 Å². The number of aryl methyl sites for hydroxylation is 1. The Morgan fingerprint density at radius 1 is 1.45 bits per heavy atom. The van der Waals surface area contributed by atoms with E-state index in [1.54, 1.807) is 31.2 Å². The Morgan fingerprint density at radius 2 is 2.23 bits per heavy atom. The van der Waals surface area contributed by atoms with Crippen molar-refractivity contribution in [3.05, 3.63) is 47.4 Å². The minimum atomic E-state index is -0.237. The standard InChI is InChI=1S/C16H18FN3O2/c1-11-8-16(22-19-11)18-15(21)10-20(13-6-7-13)9-12-4-2-3-5-14(12)17/h2-5,8,13H,6-7,9-10H2,1H3,(H,18,21). The summed E-state index contributed by atoms with van der Waals surface area (Å²) in [6.07, 6.45) is 2.09. The molecule has 0 unspecified atom stereocenters. The lowest BCUT2D eigenvalue weighted by Gasteiger charge is -2.21. The van der Waals surface area contributed by atoms with Gasteiger partial charge in [0.2, 0.25) is 11.8 Å². The van der Waals surface area contributed by atoms with Crippen molar-refractivity contribution in [2.75, 3.05) is 11.9 Å². The van der Waals surface area contributed by atoms with Gasteiger partial charge < -0.3 is 4.52 Å². The first-order chi connectivity index (χ1) is 10.6. The molecule has 1 fully saturated rings. The van der Waals surface area contributed by atoms with Gasteiger partial charge in [-0.3, -0.25) is 15.0 Å². The van der Waals surface area contributed by atoms with E-state index in [-0.39, 0.29) is 18.3 Å². The van der Waals surface area contributed by atoms with Crippen LogP contribution in [0.15, 0.2) is 34.9 Å². The Kier molecular flexibility index (Phi) is 4.20. The highest BCUT2D eigenvalue weighted by atomic mass is 19.1. The minimum absolute atomic E-state index is 0.181. The highest BCUT2D eigenvalue weighted by molar-refractivity contribution is 5.91. The highest BCUT2D eigenvalue weighted by Crippen LogP contribution is 2.28. The van der Waals surface area contributed by atoms with Gasteiger partial charge in [0, 0.05) is 24.2 Å². The average molecular weight is 303 g/mol. The second-order valence-electron chi connectivity index (χ2n) is 5.61. The van der Waals surface area contributed by atoms with Crippen LogP contribution in [0, 0.1) is 12.7 Å². The predicted molar refractivity (Wildman–Crippen MR) is 79.7 cm³/mol. The van der Waals surface area contributed by atoms with E-state index >= 15 is 0 Å². The third kappa shape index (κ3) is 3.71. The molecule has 3 rings (SSSR count). The fourth-order valence-electron chi connectivity index (χ4n) is 2.38. The number of amides is 1. The van der Waals surface area contributed by atoms with Gasteiger partial charge in [-0.2, -0.15) is 0 Å². The fraction of sp³-hybridized carbons (Fsp3) is 0.375. The van der Waals surface area contributed by atoms with Crippen LogP contribution in [0.4, 0.5) is 10.3 Å². The number of anilines is 1. The van der Waals surface area contributed by atoms with Gasteiger partial charge in [0.05, 0.1) is 12.2 Å². The Morgan fingerprint density at radius 3 is 2.86 bits per heavy atom. The van der Waals surface area contributed by atoms with E-state index < -0.39 is 0 Å². The largest absolute Gasteiger partial charge is 0.338 e. The van der Waals surface area contributed by atoms with Gasteiger partial charge >= 0.3 is 0 Å². The molecule has 1 amide bonds. The van der Waals surface area contributed by atoms with Crippen LogP contribution in [-0.2, 0) is 11.3 Å². The number of aromatic nitrogens is 1. The van der Waals surface area contributed by atoms with Crippen molar-refractivity contribution < 1.29 is 13.7 Å². The number of halogens is 1. The summed E-state index contributed by atoms with van der Waals surface area (Å²) in [6.45, 7) is 2.42. The lowest BCUT2D eigenvalue weighted by Crippen LogP contribution is -2.34. The molecule has 0 saturated heterocycles. The Balaban J connectivity index is 1.62. The van der Waals surface area contributed by atoms with Gasteiger partial charge in [0.15, 0.2) is 0 Å². The molecule has 0 radical (unpaired) electrons. The molecule has 0 bridgehead atoms. The van der Waals surface area contributed by atoms with Gasteiger partial charge in [-0.25, -0.2) is 4.39 Å². The zero-order valence-electron chi connectivity index (χ0n) is 12.4. The van der Waals surface area contributed by atoms with Gasteiger partial charge in [-0.15, -0.1) is 0 Å². The van der Waals surface area contributed by atoms with Crippen molar-refractivity contribution in [2.45, 2.75) is 32.4 Å². The minimum Gasteiger partial charge on any atom is -0.338 e. The molecule has 2 aromatic rings. The average Bonchev–Trinajstić information content (AvgIpc) is 3.24. The topological polar surface area (TPSA) is 58.4 Å². The highest BCUT2D eigenvalue weighted by Gasteiger charge is 2.30. The zero-order valence-corrected chi connectivity index (χ0v) is 12.4. The number of carbonyl (C=O) groups is 1. The molecule has 1 aliphatic rings. The molecule has 1 aromatic heterocycles. The zero-order chi connectivity index (χ0) is 15.5. The molecule has 1 saturated carbocycles. The lowest BCUT2D eigenvalue weighted by molar-refractivity contribution is -0.117. The number of carbonyl (C=O) groups excluding carboxylic acids is 1. The SMILES string of the molecule is Cc1cc(NC(=O)CN(Cc2ccccc2F)C2CC2)on1. The number of nitrogens with one attached hydrogen (secondary N) is 1. The van der Waals surface area contributed by atoms with E-state index in [2.05, 4.69) is 10.5 Å². The summed E-state index contributed by atoms with van der Waals surface area (Å²) in [5.41, 5.74) is 1.32. The van der Waals surface area contributed by atoms with Crippen molar-refractivity contribution in [3.63, 3.8) is 0 Å². The summed E-state index contributed by atoms with van der Waals surface area (Å²) in [6, 6.07) is 8.68. The smallest absolute Gasteiger partial charge is 0.240 e. The van der Waals surface area contributed by atoms with E-state index in [1.807, 2.05) is 4.90 Å². The van der Waals surface area contributed by atoms with Crippen LogP contribution in [0.2, 0.25) is 0 Å². The number of benzene rings is 1. The maximum Gasteiger partial charge on any atom is 0.240 e. The monoisotopic (exact) mass is 303 g/mol. The Labute approximate surface area is 128 Å². The molecule has 1 heterocycles. The molecule has 5 nitrogen and oxygen atoms in total. The van der Waals surface area contributed by atoms with E-state index in [4.69, 9.17) is 4.52 Å². The molecule has 1 N–H and O–H groups in total. The van der Waals surface area contributed by atoms with Crippen molar-refractivity contribution in [1.29, 1.82) is 0 Å². The van der Waals surface area contributed by atoms with Crippen molar-refractivity contribution in [1.82, 2.24) is 10.1 Å². The normalized spacial score (nSPS) is 14.3. The fourth-order valence-corrected chi connectivity index (χ4v) is 2.38. The Hall–Kier alpha value is -2.21. The maximum atomic E-state index is 13.8. The van der Waals surface area contributed by atoms with Crippen LogP contribution < -0.4 is 5.32 Å². The second kappa shape index (κ2) is 6.27. The van der Waals surface area contributed by atoms with Crippen LogP contribution >= 0.6 is 0 Å². The van der Waals surface area contributed by atoms with Crippen molar-refractivity contribution in [2.24, 2.45) is 0 Å². The molecule has 0 spiro atoms. The van der Waals surface area contributed by atoms with E-state index in [9.17, 15) is 9.18 Å². The molecule has 1 aromatic carbocycles. The molecule has 0 aliphatic heterocycles. The summed E-state index contributed by atoms with van der Waals surface area (Å²) < 4.78 is 18.7. The van der Waals surface area contributed by atoms with Crippen LogP contribution in [0.25, 0.3) is 0 Å². The first-order valence-electron chi connectivity index (χ1n) is 7.32. The summed E-state index contributed by atoms with van der Waals surface area (Å²) >= 11 is 0.